The van der Waals surface area contributed by atoms with Crippen LogP contribution in [-0.2, 0) is 9.53 Å². The largest absolute Gasteiger partial charge is 0.494 e. The summed E-state index contributed by atoms with van der Waals surface area (Å²) in [7, 11) is 0. The lowest BCUT2D eigenvalue weighted by Crippen LogP contribution is -2.35. The van der Waals surface area contributed by atoms with Gasteiger partial charge < -0.3 is 9.47 Å². The van der Waals surface area contributed by atoms with Crippen LogP contribution < -0.4 is 4.74 Å². The molecule has 2 aliphatic heterocycles. The first-order valence-electron chi connectivity index (χ1n) is 11.4. The number of aromatic nitrogens is 2. The Labute approximate surface area is 208 Å². The zero-order chi connectivity index (χ0) is 23.5. The Morgan fingerprint density at radius 1 is 1.21 bits per heavy atom. The van der Waals surface area contributed by atoms with Crippen LogP contribution in [-0.4, -0.2) is 50.8 Å². The monoisotopic (exact) mass is 491 g/mol. The molecule has 0 N–H and O–H groups in total. The number of carbonyl (C=O) groups is 1. The van der Waals surface area contributed by atoms with E-state index in [1.54, 1.807) is 4.90 Å². The number of hydrogen-bond acceptors (Lipinski definition) is 6. The molecule has 0 unspecified atom stereocenters. The van der Waals surface area contributed by atoms with E-state index in [0.717, 1.165) is 47.7 Å². The number of nitrogens with zero attached hydrogens (tertiary/aromatic N) is 3. The van der Waals surface area contributed by atoms with Crippen molar-refractivity contribution in [3.63, 3.8) is 0 Å². The number of rotatable bonds is 7. The summed E-state index contributed by atoms with van der Waals surface area (Å²) >= 11 is 6.86. The average molecular weight is 492 g/mol. The first-order chi connectivity index (χ1) is 16.6. The molecule has 2 saturated heterocycles. The second-order valence-electron chi connectivity index (χ2n) is 8.10. The van der Waals surface area contributed by atoms with E-state index in [9.17, 15) is 4.79 Å². The summed E-state index contributed by atoms with van der Waals surface area (Å²) in [6.45, 7) is 3.83. The number of thioether (sulfide) groups is 1. The molecule has 6 nitrogen and oxygen atoms in total. The van der Waals surface area contributed by atoms with Crippen molar-refractivity contribution in [2.75, 3.05) is 19.8 Å². The lowest BCUT2D eigenvalue weighted by atomic mass is 10.1. The topological polar surface area (TPSA) is 56.6 Å². The predicted octanol–water partition coefficient (Wildman–Crippen LogP) is 5.32. The predicted molar refractivity (Wildman–Crippen MR) is 139 cm³/mol. The van der Waals surface area contributed by atoms with Crippen molar-refractivity contribution in [3.05, 3.63) is 71.3 Å². The normalized spacial score (nSPS) is 19.4. The number of para-hydroxylation sites is 1. The number of benzene rings is 2. The van der Waals surface area contributed by atoms with Gasteiger partial charge >= 0.3 is 0 Å². The molecule has 2 aromatic carbocycles. The quantitative estimate of drug-likeness (QED) is 0.329. The summed E-state index contributed by atoms with van der Waals surface area (Å²) in [5, 5.41) is 4.86. The first-order valence-corrected chi connectivity index (χ1v) is 12.6. The molecule has 174 valence electrons. The third-order valence-electron chi connectivity index (χ3n) is 5.77. The summed E-state index contributed by atoms with van der Waals surface area (Å²) < 4.78 is 13.7. The van der Waals surface area contributed by atoms with Gasteiger partial charge in [-0.2, -0.15) is 5.10 Å². The lowest BCUT2D eigenvalue weighted by molar-refractivity contribution is -0.123. The number of hydrogen-bond donors (Lipinski definition) is 0. The fraction of sp³-hybridized carbons (Fsp3) is 0.269. The second kappa shape index (κ2) is 10.1. The summed E-state index contributed by atoms with van der Waals surface area (Å²) in [6.07, 6.45) is 5.89. The summed E-state index contributed by atoms with van der Waals surface area (Å²) in [6, 6.07) is 17.8. The van der Waals surface area contributed by atoms with Gasteiger partial charge in [-0.05, 0) is 62.2 Å². The molecule has 1 atom stereocenters. The minimum atomic E-state index is -0.0735. The smallest absolute Gasteiger partial charge is 0.266 e. The van der Waals surface area contributed by atoms with E-state index in [0.29, 0.717) is 22.4 Å². The molecule has 3 aromatic rings. The number of carbonyl (C=O) groups excluding carboxylic acids is 1. The molecule has 3 heterocycles. The Kier molecular flexibility index (Phi) is 6.80. The van der Waals surface area contributed by atoms with Crippen molar-refractivity contribution in [2.24, 2.45) is 0 Å². The van der Waals surface area contributed by atoms with Crippen LogP contribution in [0.15, 0.2) is 65.7 Å². The van der Waals surface area contributed by atoms with Gasteiger partial charge in [-0.1, -0.05) is 42.2 Å². The molecule has 1 amide bonds. The molecule has 0 spiro atoms. The van der Waals surface area contributed by atoms with Crippen LogP contribution in [0.2, 0.25) is 0 Å². The van der Waals surface area contributed by atoms with Gasteiger partial charge in [-0.15, -0.1) is 0 Å². The van der Waals surface area contributed by atoms with Gasteiger partial charge in [0.05, 0.1) is 35.5 Å². The van der Waals surface area contributed by atoms with E-state index in [4.69, 9.17) is 26.8 Å². The molecule has 2 fully saturated rings. The van der Waals surface area contributed by atoms with Crippen LogP contribution in [0.4, 0.5) is 0 Å². The number of thiocarbonyl (C=S) groups is 1. The molecule has 0 saturated carbocycles. The highest BCUT2D eigenvalue weighted by Crippen LogP contribution is 2.36. The highest BCUT2D eigenvalue weighted by Gasteiger charge is 2.35. The van der Waals surface area contributed by atoms with Crippen molar-refractivity contribution in [3.8, 4) is 22.7 Å². The fourth-order valence-electron chi connectivity index (χ4n) is 4.10. The highest BCUT2D eigenvalue weighted by molar-refractivity contribution is 8.26. The van der Waals surface area contributed by atoms with E-state index < -0.39 is 0 Å². The first kappa shape index (κ1) is 22.8. The van der Waals surface area contributed by atoms with E-state index >= 15 is 0 Å². The summed E-state index contributed by atoms with van der Waals surface area (Å²) in [5.74, 6) is 0.737. The SMILES string of the molecule is CCOc1ccc(-c2nn(-c3ccccc3)cc2/C=C2\SC(=S)N(C[C@H]3CCCO3)C2=O)cc1. The number of ether oxygens (including phenoxy) is 2. The molecule has 5 rings (SSSR count). The van der Waals surface area contributed by atoms with E-state index in [2.05, 4.69) is 0 Å². The molecule has 2 aliphatic rings. The Morgan fingerprint density at radius 3 is 2.71 bits per heavy atom. The fourth-order valence-corrected chi connectivity index (χ4v) is 5.36. The number of amides is 1. The molecule has 1 aromatic heterocycles. The van der Waals surface area contributed by atoms with E-state index in [1.807, 2.05) is 78.5 Å². The third kappa shape index (κ3) is 4.80. The maximum absolute atomic E-state index is 13.2. The molecule has 0 bridgehead atoms. The van der Waals surface area contributed by atoms with E-state index in [-0.39, 0.29) is 12.0 Å². The van der Waals surface area contributed by atoms with Crippen LogP contribution in [0.25, 0.3) is 23.0 Å². The Morgan fingerprint density at radius 2 is 2.00 bits per heavy atom. The zero-order valence-electron chi connectivity index (χ0n) is 18.8. The van der Waals surface area contributed by atoms with Gasteiger partial charge in [0, 0.05) is 23.9 Å². The molecule has 0 radical (unpaired) electrons. The van der Waals surface area contributed by atoms with Crippen LogP contribution in [0.1, 0.15) is 25.3 Å². The Balaban J connectivity index is 1.49. The van der Waals surface area contributed by atoms with Gasteiger partial charge in [-0.25, -0.2) is 4.68 Å². The summed E-state index contributed by atoms with van der Waals surface area (Å²) in [5.41, 5.74) is 3.53. The van der Waals surface area contributed by atoms with E-state index in [1.165, 1.54) is 11.8 Å². The van der Waals surface area contributed by atoms with Crippen molar-refractivity contribution in [1.82, 2.24) is 14.7 Å². The van der Waals surface area contributed by atoms with Gasteiger partial charge in [-0.3, -0.25) is 9.69 Å². The standard InChI is InChI=1S/C26H25N3O3S2/c1-2-31-21-12-10-18(11-13-21)24-19(16-29(27-24)20-7-4-3-5-8-20)15-23-25(30)28(26(33)34-23)17-22-9-6-14-32-22/h3-5,7-8,10-13,15-16,22H,2,6,9,14,17H2,1H3/b23-15-/t22-/m1/s1. The lowest BCUT2D eigenvalue weighted by Gasteiger charge is -2.18. The van der Waals surface area contributed by atoms with Crippen molar-refractivity contribution < 1.29 is 14.3 Å². The molecular formula is C26H25N3O3S2. The maximum Gasteiger partial charge on any atom is 0.266 e. The third-order valence-corrected chi connectivity index (χ3v) is 7.15. The van der Waals surface area contributed by atoms with Crippen LogP contribution in [0.5, 0.6) is 5.75 Å². The average Bonchev–Trinajstić information content (AvgIpc) is 3.58. The van der Waals surface area contributed by atoms with Gasteiger partial charge in [0.1, 0.15) is 10.1 Å². The molecule has 34 heavy (non-hydrogen) atoms. The Hall–Kier alpha value is -2.94. The Bertz CT molecular complexity index is 1220. The van der Waals surface area contributed by atoms with Gasteiger partial charge in [0.25, 0.3) is 5.91 Å². The van der Waals surface area contributed by atoms with Crippen molar-refractivity contribution >= 4 is 40.3 Å². The highest BCUT2D eigenvalue weighted by atomic mass is 32.2. The van der Waals surface area contributed by atoms with Gasteiger partial charge in [0.2, 0.25) is 0 Å². The minimum absolute atomic E-state index is 0.0575. The molecular weight excluding hydrogens is 466 g/mol. The van der Waals surface area contributed by atoms with Crippen LogP contribution in [0.3, 0.4) is 0 Å². The minimum Gasteiger partial charge on any atom is -0.494 e. The second-order valence-corrected chi connectivity index (χ2v) is 9.77. The maximum atomic E-state index is 13.2. The van der Waals surface area contributed by atoms with Crippen LogP contribution >= 0.6 is 24.0 Å². The zero-order valence-corrected chi connectivity index (χ0v) is 20.5. The molecule has 0 aliphatic carbocycles. The van der Waals surface area contributed by atoms with Crippen molar-refractivity contribution in [1.29, 1.82) is 0 Å². The summed E-state index contributed by atoms with van der Waals surface area (Å²) in [4.78, 5) is 15.5. The van der Waals surface area contributed by atoms with Crippen LogP contribution in [0, 0.1) is 0 Å². The van der Waals surface area contributed by atoms with Gasteiger partial charge in [0.15, 0.2) is 0 Å². The van der Waals surface area contributed by atoms with Crippen molar-refractivity contribution in [2.45, 2.75) is 25.9 Å². The molecule has 8 heteroatoms.